The van der Waals surface area contributed by atoms with E-state index in [9.17, 15) is 9.59 Å². The highest BCUT2D eigenvalue weighted by atomic mass is 35.5. The molecule has 1 amide bonds. The summed E-state index contributed by atoms with van der Waals surface area (Å²) in [7, 11) is 0. The zero-order valence-corrected chi connectivity index (χ0v) is 26.7. The summed E-state index contributed by atoms with van der Waals surface area (Å²) in [6.45, 7) is 9.81. The number of carbonyl (C=O) groups excluding carboxylic acids is 1. The van der Waals surface area contributed by atoms with Crippen LogP contribution in [0.4, 0.5) is 5.69 Å². The summed E-state index contributed by atoms with van der Waals surface area (Å²) in [5.41, 5.74) is 6.58. The monoisotopic (exact) mass is 611 g/mol. The van der Waals surface area contributed by atoms with Crippen LogP contribution >= 0.6 is 23.5 Å². The van der Waals surface area contributed by atoms with Crippen molar-refractivity contribution in [2.24, 2.45) is 5.41 Å². The van der Waals surface area contributed by atoms with Crippen LogP contribution in [0.1, 0.15) is 87.6 Å². The van der Waals surface area contributed by atoms with Gasteiger partial charge in [0.1, 0.15) is 0 Å². The maximum Gasteiger partial charge on any atom is 0.303 e. The van der Waals surface area contributed by atoms with E-state index in [0.29, 0.717) is 11.0 Å². The lowest BCUT2D eigenvalue weighted by Gasteiger charge is -2.39. The molecule has 42 heavy (non-hydrogen) atoms. The third-order valence-electron chi connectivity index (χ3n) is 8.45. The van der Waals surface area contributed by atoms with E-state index in [2.05, 4.69) is 52.6 Å². The van der Waals surface area contributed by atoms with E-state index in [1.54, 1.807) is 5.57 Å². The van der Waals surface area contributed by atoms with Crippen LogP contribution < -0.4 is 9.62 Å². The van der Waals surface area contributed by atoms with Gasteiger partial charge in [-0.15, -0.1) is 0 Å². The molecule has 1 aliphatic carbocycles. The molecule has 8 heteroatoms. The zero-order valence-electron chi connectivity index (χ0n) is 25.2. The van der Waals surface area contributed by atoms with Gasteiger partial charge in [-0.2, -0.15) is 0 Å². The summed E-state index contributed by atoms with van der Waals surface area (Å²) in [6.07, 6.45) is 8.54. The number of unbranched alkanes of at least 4 members (excludes halogenated alkanes) is 4. The summed E-state index contributed by atoms with van der Waals surface area (Å²) in [5, 5.41) is 9.47. The standard InChI is InChI=1S/C34H46ClN3O3S/c1-34(2)18-17-31(26-9-13-29(35)14-10-26)28(24-34)25-37-19-21-38(22-20-37)30-15-11-27(12-16-30)33(41)36-42-23-7-5-3-4-6-8-32(39)40/h9-16H,3-8,17-25H2,1-2H3,(H,36,41)(H,39,40). The number of hydrogen-bond donors (Lipinski definition) is 2. The highest BCUT2D eigenvalue weighted by Gasteiger charge is 2.29. The van der Waals surface area contributed by atoms with Gasteiger partial charge < -0.3 is 10.0 Å². The van der Waals surface area contributed by atoms with Crippen molar-refractivity contribution in [2.45, 2.75) is 71.6 Å². The maximum absolute atomic E-state index is 12.6. The molecular formula is C34H46ClN3O3S. The molecule has 2 aromatic carbocycles. The second-order valence-corrected chi connectivity index (χ2v) is 13.8. The lowest BCUT2D eigenvalue weighted by molar-refractivity contribution is -0.137. The molecule has 2 N–H and O–H groups in total. The van der Waals surface area contributed by atoms with Crippen molar-refractivity contribution < 1.29 is 14.7 Å². The Morgan fingerprint density at radius 2 is 1.60 bits per heavy atom. The van der Waals surface area contributed by atoms with Crippen LogP contribution in [0.25, 0.3) is 5.57 Å². The Bertz CT molecular complexity index is 1210. The number of anilines is 1. The van der Waals surface area contributed by atoms with Crippen LogP contribution in [0.2, 0.25) is 5.02 Å². The summed E-state index contributed by atoms with van der Waals surface area (Å²) in [4.78, 5) is 28.1. The van der Waals surface area contributed by atoms with Crippen molar-refractivity contribution in [3.8, 4) is 0 Å². The van der Waals surface area contributed by atoms with Crippen molar-refractivity contribution in [1.29, 1.82) is 0 Å². The van der Waals surface area contributed by atoms with Gasteiger partial charge in [0, 0.05) is 61.2 Å². The van der Waals surface area contributed by atoms with Gasteiger partial charge in [0.05, 0.1) is 0 Å². The smallest absolute Gasteiger partial charge is 0.303 e. The molecule has 4 rings (SSSR count). The first-order valence-corrected chi connectivity index (χ1v) is 16.7. The first kappa shape index (κ1) is 32.4. The number of aliphatic carboxylic acids is 1. The van der Waals surface area contributed by atoms with Gasteiger partial charge in [0.25, 0.3) is 5.91 Å². The van der Waals surface area contributed by atoms with E-state index >= 15 is 0 Å². The molecule has 0 atom stereocenters. The number of halogens is 1. The van der Waals surface area contributed by atoms with Gasteiger partial charge in [-0.3, -0.25) is 19.2 Å². The van der Waals surface area contributed by atoms with Crippen LogP contribution in [0.3, 0.4) is 0 Å². The molecule has 0 aromatic heterocycles. The molecule has 228 valence electrons. The average Bonchev–Trinajstić information content (AvgIpc) is 2.97. The Balaban J connectivity index is 1.21. The van der Waals surface area contributed by atoms with Crippen LogP contribution in [-0.4, -0.2) is 60.4 Å². The SMILES string of the molecule is CC1(C)CCC(c2ccc(Cl)cc2)=C(CN2CCN(c3ccc(C(=O)NSCCCCCCCC(=O)O)cc3)CC2)C1. The highest BCUT2D eigenvalue weighted by Crippen LogP contribution is 2.42. The molecule has 0 radical (unpaired) electrons. The summed E-state index contributed by atoms with van der Waals surface area (Å²) >= 11 is 7.62. The van der Waals surface area contributed by atoms with Crippen LogP contribution in [-0.2, 0) is 4.79 Å². The minimum atomic E-state index is -0.721. The first-order chi connectivity index (χ1) is 20.2. The van der Waals surface area contributed by atoms with E-state index in [-0.39, 0.29) is 12.3 Å². The molecule has 0 saturated carbocycles. The Kier molecular flexibility index (Phi) is 12.2. The fourth-order valence-electron chi connectivity index (χ4n) is 5.98. The molecule has 2 aromatic rings. The van der Waals surface area contributed by atoms with E-state index in [4.69, 9.17) is 16.7 Å². The lowest BCUT2D eigenvalue weighted by atomic mass is 9.73. The number of hydrogen-bond acceptors (Lipinski definition) is 5. The first-order valence-electron chi connectivity index (χ1n) is 15.4. The summed E-state index contributed by atoms with van der Waals surface area (Å²) < 4.78 is 2.95. The fourth-order valence-corrected chi connectivity index (χ4v) is 6.80. The molecule has 1 fully saturated rings. The van der Waals surface area contributed by atoms with Gasteiger partial charge in [-0.05, 0) is 85.1 Å². The highest BCUT2D eigenvalue weighted by molar-refractivity contribution is 7.97. The number of carboxylic acid groups (broad SMARTS) is 1. The predicted molar refractivity (Wildman–Crippen MR) is 176 cm³/mol. The molecule has 0 spiro atoms. The average molecular weight is 612 g/mol. The Morgan fingerprint density at radius 3 is 2.29 bits per heavy atom. The molecule has 1 aliphatic heterocycles. The zero-order chi connectivity index (χ0) is 30.0. The minimum Gasteiger partial charge on any atom is -0.481 e. The van der Waals surface area contributed by atoms with Gasteiger partial charge in [0.15, 0.2) is 0 Å². The number of piperazine rings is 1. The molecule has 6 nitrogen and oxygen atoms in total. The van der Waals surface area contributed by atoms with Crippen LogP contribution in [0.15, 0.2) is 54.1 Å². The summed E-state index contributed by atoms with van der Waals surface area (Å²) in [5.74, 6) is 0.0848. The number of nitrogens with one attached hydrogen (secondary N) is 1. The van der Waals surface area contributed by atoms with Crippen molar-refractivity contribution in [3.05, 3.63) is 70.3 Å². The largest absolute Gasteiger partial charge is 0.481 e. The van der Waals surface area contributed by atoms with Crippen molar-refractivity contribution in [2.75, 3.05) is 43.4 Å². The number of benzene rings is 2. The molecule has 2 aliphatic rings. The Labute approximate surface area is 261 Å². The van der Waals surface area contributed by atoms with Gasteiger partial charge in [0.2, 0.25) is 0 Å². The molecular weight excluding hydrogens is 566 g/mol. The van der Waals surface area contributed by atoms with Crippen LogP contribution in [0.5, 0.6) is 0 Å². The number of carboxylic acids is 1. The number of carbonyl (C=O) groups is 2. The predicted octanol–water partition coefficient (Wildman–Crippen LogP) is 7.93. The maximum atomic E-state index is 12.6. The van der Waals surface area contributed by atoms with E-state index in [1.807, 2.05) is 24.3 Å². The number of rotatable bonds is 14. The second kappa shape index (κ2) is 15.8. The third kappa shape index (κ3) is 10.1. The number of amides is 1. The van der Waals surface area contributed by atoms with Gasteiger partial charge in [-0.1, -0.05) is 74.4 Å². The topological polar surface area (TPSA) is 72.9 Å². The number of allylic oxidation sites excluding steroid dienone is 1. The second-order valence-electron chi connectivity index (χ2n) is 12.4. The summed E-state index contributed by atoms with van der Waals surface area (Å²) in [6, 6.07) is 16.3. The Morgan fingerprint density at radius 1 is 0.929 bits per heavy atom. The minimum absolute atomic E-state index is 0.0574. The third-order valence-corrected chi connectivity index (χ3v) is 9.52. The normalized spacial score (nSPS) is 17.4. The Hall–Kier alpha value is -2.48. The quantitative estimate of drug-likeness (QED) is 0.167. The van der Waals surface area contributed by atoms with E-state index in [1.165, 1.54) is 35.2 Å². The van der Waals surface area contributed by atoms with Crippen molar-refractivity contribution >= 4 is 46.7 Å². The lowest BCUT2D eigenvalue weighted by Crippen LogP contribution is -2.47. The van der Waals surface area contributed by atoms with Crippen LogP contribution in [0, 0.1) is 5.41 Å². The molecule has 1 heterocycles. The molecule has 0 bridgehead atoms. The van der Waals surface area contributed by atoms with Gasteiger partial charge >= 0.3 is 5.97 Å². The van der Waals surface area contributed by atoms with Crippen molar-refractivity contribution in [1.82, 2.24) is 9.62 Å². The number of nitrogens with zero attached hydrogens (tertiary/aromatic N) is 2. The molecule has 0 unspecified atom stereocenters. The van der Waals surface area contributed by atoms with E-state index < -0.39 is 5.97 Å². The molecule has 1 saturated heterocycles. The van der Waals surface area contributed by atoms with Gasteiger partial charge in [-0.25, -0.2) is 0 Å². The van der Waals surface area contributed by atoms with E-state index in [0.717, 1.165) is 88.4 Å². The van der Waals surface area contributed by atoms with Crippen molar-refractivity contribution in [3.63, 3.8) is 0 Å². The fraction of sp³-hybridized carbons (Fsp3) is 0.529.